The third-order valence-corrected chi connectivity index (χ3v) is 5.89. The van der Waals surface area contributed by atoms with Gasteiger partial charge in [0.2, 0.25) is 0 Å². The van der Waals surface area contributed by atoms with Crippen LogP contribution in [0, 0.1) is 0 Å². The quantitative estimate of drug-likeness (QED) is 0.460. The molecule has 1 aliphatic heterocycles. The van der Waals surface area contributed by atoms with E-state index in [0.717, 1.165) is 10.5 Å². The summed E-state index contributed by atoms with van der Waals surface area (Å²) in [5.41, 5.74) is 0.869. The highest BCUT2D eigenvalue weighted by molar-refractivity contribution is 6.09. The first-order valence-corrected chi connectivity index (χ1v) is 11.4. The maximum absolute atomic E-state index is 13.7. The molecule has 0 spiro atoms. The lowest BCUT2D eigenvalue weighted by molar-refractivity contribution is -0.131. The predicted molar refractivity (Wildman–Crippen MR) is 133 cm³/mol. The number of hydrogen-bond donors (Lipinski definition) is 2. The predicted octanol–water partition coefficient (Wildman–Crippen LogP) is 3.96. The van der Waals surface area contributed by atoms with Crippen LogP contribution in [-0.2, 0) is 10.3 Å². The van der Waals surface area contributed by atoms with E-state index in [1.807, 2.05) is 67.6 Å². The van der Waals surface area contributed by atoms with Crippen molar-refractivity contribution in [1.29, 1.82) is 0 Å². The molecule has 3 aromatic rings. The molecule has 0 aliphatic carbocycles. The van der Waals surface area contributed by atoms with Crippen molar-refractivity contribution in [2.45, 2.75) is 18.6 Å². The molecular formula is C28H28N2O5. The Morgan fingerprint density at radius 3 is 2.17 bits per heavy atom. The Balaban J connectivity index is 1.52. The van der Waals surface area contributed by atoms with Crippen molar-refractivity contribution in [2.75, 3.05) is 20.3 Å². The topological polar surface area (TPSA) is 88.1 Å². The van der Waals surface area contributed by atoms with Crippen molar-refractivity contribution < 1.29 is 24.2 Å². The van der Waals surface area contributed by atoms with Crippen LogP contribution in [0.3, 0.4) is 0 Å². The third kappa shape index (κ3) is 4.76. The van der Waals surface area contributed by atoms with Gasteiger partial charge in [-0.2, -0.15) is 0 Å². The standard InChI is InChI=1S/C28H28N2O5/c1-3-10-20-15-16-24(25(17-20)34-2)35-19-23(31)18-30-26(32)28(29-27(30)33,21-11-6-4-7-12-21)22-13-8-5-9-14-22/h3-17,23,31H,18-19H2,1-2H3,(H,29,33)/b10-3+. The van der Waals surface area contributed by atoms with Gasteiger partial charge in [0.25, 0.3) is 5.91 Å². The molecule has 3 aromatic carbocycles. The van der Waals surface area contributed by atoms with Crippen LogP contribution in [0.4, 0.5) is 4.79 Å². The van der Waals surface area contributed by atoms with Crippen LogP contribution in [0.2, 0.25) is 0 Å². The number of carbonyl (C=O) groups is 2. The van der Waals surface area contributed by atoms with E-state index in [1.165, 1.54) is 7.11 Å². The number of benzene rings is 3. The van der Waals surface area contributed by atoms with Gasteiger partial charge < -0.3 is 19.9 Å². The Kier molecular flexibility index (Phi) is 7.17. The fourth-order valence-electron chi connectivity index (χ4n) is 4.23. The molecule has 1 saturated heterocycles. The van der Waals surface area contributed by atoms with Crippen molar-refractivity contribution in [1.82, 2.24) is 10.2 Å². The Morgan fingerprint density at radius 2 is 1.60 bits per heavy atom. The van der Waals surface area contributed by atoms with Crippen LogP contribution < -0.4 is 14.8 Å². The SMILES string of the molecule is C/C=C/c1ccc(OCC(O)CN2C(=O)NC(c3ccccc3)(c3ccccc3)C2=O)c(OC)c1. The minimum Gasteiger partial charge on any atom is -0.493 e. The first-order valence-electron chi connectivity index (χ1n) is 11.4. The summed E-state index contributed by atoms with van der Waals surface area (Å²) in [4.78, 5) is 27.7. The summed E-state index contributed by atoms with van der Waals surface area (Å²) < 4.78 is 11.1. The third-order valence-electron chi connectivity index (χ3n) is 5.89. The van der Waals surface area contributed by atoms with Crippen LogP contribution in [0.15, 0.2) is 84.9 Å². The van der Waals surface area contributed by atoms with E-state index in [2.05, 4.69) is 5.32 Å². The summed E-state index contributed by atoms with van der Waals surface area (Å²) in [6, 6.07) is 23.1. The van der Waals surface area contributed by atoms with E-state index in [0.29, 0.717) is 22.6 Å². The van der Waals surface area contributed by atoms with Gasteiger partial charge in [-0.25, -0.2) is 4.79 Å². The number of amides is 3. The van der Waals surface area contributed by atoms with E-state index >= 15 is 0 Å². The lowest BCUT2D eigenvalue weighted by atomic mass is 9.82. The molecule has 1 aliphatic rings. The molecule has 1 atom stereocenters. The number of β-amino-alcohol motifs (C(OH)–C–C–N with tert-alkyl or cyclic N) is 1. The molecule has 4 rings (SSSR count). The van der Waals surface area contributed by atoms with E-state index in [-0.39, 0.29) is 13.2 Å². The molecule has 1 fully saturated rings. The number of aliphatic hydroxyl groups is 1. The van der Waals surface area contributed by atoms with E-state index in [1.54, 1.807) is 30.3 Å². The number of rotatable bonds is 9. The number of methoxy groups -OCH3 is 1. The van der Waals surface area contributed by atoms with Crippen molar-refractivity contribution >= 4 is 18.0 Å². The average Bonchev–Trinajstić information content (AvgIpc) is 3.14. The zero-order valence-electron chi connectivity index (χ0n) is 19.7. The van der Waals surface area contributed by atoms with E-state index < -0.39 is 23.6 Å². The molecule has 35 heavy (non-hydrogen) atoms. The Morgan fingerprint density at radius 1 is 0.971 bits per heavy atom. The minimum atomic E-state index is -1.37. The van der Waals surface area contributed by atoms with Crippen molar-refractivity contribution in [3.05, 3.63) is 102 Å². The molecule has 0 radical (unpaired) electrons. The highest BCUT2D eigenvalue weighted by Crippen LogP contribution is 2.36. The zero-order chi connectivity index (χ0) is 24.8. The molecule has 1 unspecified atom stereocenters. The van der Waals surface area contributed by atoms with Gasteiger partial charge in [-0.3, -0.25) is 9.69 Å². The molecule has 7 heteroatoms. The van der Waals surface area contributed by atoms with Crippen molar-refractivity contribution in [2.24, 2.45) is 0 Å². The number of urea groups is 1. The summed E-state index contributed by atoms with van der Waals surface area (Å²) in [5.74, 6) is 0.530. The smallest absolute Gasteiger partial charge is 0.325 e. The second kappa shape index (κ2) is 10.4. The minimum absolute atomic E-state index is 0.125. The van der Waals surface area contributed by atoms with Gasteiger partial charge in [-0.05, 0) is 35.7 Å². The number of allylic oxidation sites excluding steroid dienone is 1. The zero-order valence-corrected chi connectivity index (χ0v) is 19.7. The molecule has 7 nitrogen and oxygen atoms in total. The average molecular weight is 473 g/mol. The van der Waals surface area contributed by atoms with Gasteiger partial charge in [0.05, 0.1) is 13.7 Å². The summed E-state index contributed by atoms with van der Waals surface area (Å²) >= 11 is 0. The number of nitrogens with one attached hydrogen (secondary N) is 1. The van der Waals surface area contributed by atoms with Gasteiger partial charge in [0.1, 0.15) is 12.7 Å². The number of ether oxygens (including phenoxy) is 2. The molecule has 180 valence electrons. The fourth-order valence-corrected chi connectivity index (χ4v) is 4.23. The van der Waals surface area contributed by atoms with Crippen LogP contribution in [0.25, 0.3) is 6.08 Å². The molecule has 1 heterocycles. The number of aliphatic hydroxyl groups excluding tert-OH is 1. The van der Waals surface area contributed by atoms with E-state index in [4.69, 9.17) is 9.47 Å². The second-order valence-electron chi connectivity index (χ2n) is 8.20. The Bertz CT molecular complexity index is 1170. The second-order valence-corrected chi connectivity index (χ2v) is 8.20. The van der Waals surface area contributed by atoms with Crippen molar-refractivity contribution in [3.63, 3.8) is 0 Å². The number of hydrogen-bond acceptors (Lipinski definition) is 5. The highest BCUT2D eigenvalue weighted by Gasteiger charge is 2.53. The molecule has 0 bridgehead atoms. The summed E-state index contributed by atoms with van der Waals surface area (Å²) in [6.07, 6.45) is 2.75. The van der Waals surface area contributed by atoms with Gasteiger partial charge in [0.15, 0.2) is 17.0 Å². The molecule has 0 saturated carbocycles. The first kappa shape index (κ1) is 24.0. The highest BCUT2D eigenvalue weighted by atomic mass is 16.5. The Labute approximate surface area is 204 Å². The summed E-state index contributed by atoms with van der Waals surface area (Å²) in [5, 5.41) is 13.5. The fraction of sp³-hybridized carbons (Fsp3) is 0.214. The maximum Gasteiger partial charge on any atom is 0.325 e. The molecule has 3 amide bonds. The summed E-state index contributed by atoms with van der Waals surface area (Å²) in [7, 11) is 1.54. The normalized spacial score (nSPS) is 15.8. The van der Waals surface area contributed by atoms with Crippen LogP contribution in [-0.4, -0.2) is 48.3 Å². The van der Waals surface area contributed by atoms with Crippen LogP contribution in [0.5, 0.6) is 11.5 Å². The monoisotopic (exact) mass is 472 g/mol. The van der Waals surface area contributed by atoms with Gasteiger partial charge in [0, 0.05) is 0 Å². The maximum atomic E-state index is 13.7. The lowest BCUT2D eigenvalue weighted by Crippen LogP contribution is -2.46. The largest absolute Gasteiger partial charge is 0.493 e. The van der Waals surface area contributed by atoms with Gasteiger partial charge in [-0.1, -0.05) is 78.9 Å². The number of carbonyl (C=O) groups excluding carboxylic acids is 2. The molecular weight excluding hydrogens is 444 g/mol. The first-order chi connectivity index (χ1) is 17.0. The molecule has 0 aromatic heterocycles. The summed E-state index contributed by atoms with van der Waals surface area (Å²) in [6.45, 7) is 1.58. The number of imide groups is 1. The lowest BCUT2D eigenvalue weighted by Gasteiger charge is -2.28. The molecule has 2 N–H and O–H groups in total. The van der Waals surface area contributed by atoms with E-state index in [9.17, 15) is 14.7 Å². The van der Waals surface area contributed by atoms with Gasteiger partial charge in [-0.15, -0.1) is 0 Å². The van der Waals surface area contributed by atoms with Crippen LogP contribution in [0.1, 0.15) is 23.6 Å². The van der Waals surface area contributed by atoms with Gasteiger partial charge >= 0.3 is 6.03 Å². The van der Waals surface area contributed by atoms with Crippen LogP contribution >= 0.6 is 0 Å². The number of nitrogens with zero attached hydrogens (tertiary/aromatic N) is 1. The Hall–Kier alpha value is -4.10. The van der Waals surface area contributed by atoms with Crippen molar-refractivity contribution in [3.8, 4) is 11.5 Å².